The number of rotatable bonds is 3. The van der Waals surface area contributed by atoms with Crippen molar-refractivity contribution in [3.63, 3.8) is 0 Å². The van der Waals surface area contributed by atoms with Crippen LogP contribution in [0.1, 0.15) is 11.1 Å². The zero-order valence-electron chi connectivity index (χ0n) is 14.9. The zero-order chi connectivity index (χ0) is 20.5. The van der Waals surface area contributed by atoms with Crippen LogP contribution in [0.3, 0.4) is 0 Å². The van der Waals surface area contributed by atoms with E-state index in [1.54, 1.807) is 32.2 Å². The maximum atomic E-state index is 14.0. The molecule has 0 unspecified atom stereocenters. The number of urea groups is 1. The molecule has 28 heavy (non-hydrogen) atoms. The Morgan fingerprint density at radius 3 is 2.36 bits per heavy atom. The van der Waals surface area contributed by atoms with Gasteiger partial charge in [-0.15, -0.1) is 0 Å². The smallest absolute Gasteiger partial charge is 0.308 e. The van der Waals surface area contributed by atoms with Crippen molar-refractivity contribution < 1.29 is 22.4 Å². The minimum Gasteiger partial charge on any atom is -0.308 e. The van der Waals surface area contributed by atoms with Crippen LogP contribution in [0.25, 0.3) is 11.3 Å². The highest BCUT2D eigenvalue weighted by molar-refractivity contribution is 6.00. The number of aryl methyl sites for hydroxylation is 2. The summed E-state index contributed by atoms with van der Waals surface area (Å²) in [5.74, 6) is -0.504. The first-order valence-electron chi connectivity index (χ1n) is 8.19. The number of aromatic nitrogens is 2. The topological polar surface area (TPSA) is 59.0 Å². The third kappa shape index (κ3) is 4.13. The molecule has 0 radical (unpaired) electrons. The number of hydrogen-bond acceptors (Lipinski definition) is 2. The van der Waals surface area contributed by atoms with E-state index in [1.165, 1.54) is 16.8 Å². The van der Waals surface area contributed by atoms with Gasteiger partial charge in [0.15, 0.2) is 5.82 Å². The van der Waals surface area contributed by atoms with Crippen molar-refractivity contribution in [1.29, 1.82) is 0 Å². The van der Waals surface area contributed by atoms with E-state index < -0.39 is 23.6 Å². The number of hydrogen-bond donors (Lipinski definition) is 2. The second-order valence-electron chi connectivity index (χ2n) is 6.15. The predicted octanol–water partition coefficient (Wildman–Crippen LogP) is 5.20. The molecule has 2 aromatic carbocycles. The number of halogens is 4. The molecular formula is C19H16F4N4O. The van der Waals surface area contributed by atoms with Crippen molar-refractivity contribution in [2.75, 3.05) is 10.6 Å². The molecule has 3 rings (SSSR count). The Bertz CT molecular complexity index is 1010. The molecule has 1 heterocycles. The van der Waals surface area contributed by atoms with Gasteiger partial charge in [0.05, 0.1) is 11.8 Å². The number of carbonyl (C=O) groups is 1. The second kappa shape index (κ2) is 7.34. The number of nitrogens with one attached hydrogen (secondary N) is 2. The van der Waals surface area contributed by atoms with Crippen molar-refractivity contribution in [2.45, 2.75) is 13.1 Å². The SMILES string of the molecule is Cc1ccc(NC(=O)Nc2cccc(C(F)(F)F)c2)cc1-c1c(F)cnn1C. The van der Waals surface area contributed by atoms with Gasteiger partial charge in [0.25, 0.3) is 0 Å². The fourth-order valence-electron chi connectivity index (χ4n) is 2.74. The van der Waals surface area contributed by atoms with E-state index in [4.69, 9.17) is 0 Å². The van der Waals surface area contributed by atoms with Gasteiger partial charge in [0.2, 0.25) is 0 Å². The van der Waals surface area contributed by atoms with Crippen molar-refractivity contribution in [2.24, 2.45) is 7.05 Å². The molecule has 9 heteroatoms. The fraction of sp³-hybridized carbons (Fsp3) is 0.158. The van der Waals surface area contributed by atoms with Crippen molar-refractivity contribution >= 4 is 17.4 Å². The van der Waals surface area contributed by atoms with E-state index in [0.717, 1.165) is 23.9 Å². The first-order valence-corrected chi connectivity index (χ1v) is 8.19. The van der Waals surface area contributed by atoms with Crippen molar-refractivity contribution in [3.05, 3.63) is 65.6 Å². The Labute approximate surface area is 158 Å². The third-order valence-corrected chi connectivity index (χ3v) is 4.09. The summed E-state index contributed by atoms with van der Waals surface area (Å²) in [6.45, 7) is 1.79. The summed E-state index contributed by atoms with van der Waals surface area (Å²) in [5, 5.41) is 8.74. The summed E-state index contributed by atoms with van der Waals surface area (Å²) in [7, 11) is 1.60. The summed E-state index contributed by atoms with van der Waals surface area (Å²) < 4.78 is 53.7. The molecule has 0 bridgehead atoms. The molecule has 5 nitrogen and oxygen atoms in total. The lowest BCUT2D eigenvalue weighted by Gasteiger charge is -2.13. The lowest BCUT2D eigenvalue weighted by molar-refractivity contribution is -0.137. The number of carbonyl (C=O) groups excluding carboxylic acids is 1. The Hall–Kier alpha value is -3.36. The highest BCUT2D eigenvalue weighted by Gasteiger charge is 2.30. The maximum absolute atomic E-state index is 14.0. The average molecular weight is 392 g/mol. The monoisotopic (exact) mass is 392 g/mol. The summed E-state index contributed by atoms with van der Waals surface area (Å²) in [5.41, 5.74) is 1.05. The number of alkyl halides is 3. The molecule has 2 N–H and O–H groups in total. The number of amides is 2. The third-order valence-electron chi connectivity index (χ3n) is 4.09. The largest absolute Gasteiger partial charge is 0.416 e. The van der Waals surface area contributed by atoms with Gasteiger partial charge < -0.3 is 10.6 Å². The molecule has 1 aromatic heterocycles. The molecule has 3 aromatic rings. The highest BCUT2D eigenvalue weighted by atomic mass is 19.4. The van der Waals surface area contributed by atoms with Crippen LogP contribution in [-0.2, 0) is 13.2 Å². The lowest BCUT2D eigenvalue weighted by atomic mass is 10.0. The van der Waals surface area contributed by atoms with Gasteiger partial charge in [-0.25, -0.2) is 9.18 Å². The Morgan fingerprint density at radius 1 is 1.07 bits per heavy atom. The molecule has 0 aliphatic rings. The zero-order valence-corrected chi connectivity index (χ0v) is 14.9. The first kappa shape index (κ1) is 19.4. The van der Waals surface area contributed by atoms with E-state index in [9.17, 15) is 22.4 Å². The van der Waals surface area contributed by atoms with Crippen LogP contribution in [0, 0.1) is 12.7 Å². The molecule has 2 amide bonds. The van der Waals surface area contributed by atoms with Gasteiger partial charge in [0, 0.05) is 24.0 Å². The average Bonchev–Trinajstić information content (AvgIpc) is 2.95. The number of benzene rings is 2. The summed E-state index contributed by atoms with van der Waals surface area (Å²) in [6, 6.07) is 8.46. The number of anilines is 2. The van der Waals surface area contributed by atoms with Crippen LogP contribution in [0.2, 0.25) is 0 Å². The van der Waals surface area contributed by atoms with Gasteiger partial charge in [-0.3, -0.25) is 4.68 Å². The Kier molecular flexibility index (Phi) is 5.08. The number of nitrogens with zero attached hydrogens (tertiary/aromatic N) is 2. The van der Waals surface area contributed by atoms with E-state index in [-0.39, 0.29) is 11.4 Å². The van der Waals surface area contributed by atoms with Gasteiger partial charge in [-0.1, -0.05) is 12.1 Å². The normalized spacial score (nSPS) is 11.4. The molecule has 0 aliphatic heterocycles. The van der Waals surface area contributed by atoms with Crippen LogP contribution >= 0.6 is 0 Å². The fourth-order valence-corrected chi connectivity index (χ4v) is 2.74. The second-order valence-corrected chi connectivity index (χ2v) is 6.15. The quantitative estimate of drug-likeness (QED) is 0.602. The standard InChI is InChI=1S/C19H16F4N4O/c1-11-6-7-14(9-15(11)17-16(20)10-24-27(17)2)26-18(28)25-13-5-3-4-12(8-13)19(21,22)23/h3-10H,1-2H3,(H2,25,26,28). The van der Waals surface area contributed by atoms with Crippen LogP contribution in [0.5, 0.6) is 0 Å². The summed E-state index contributed by atoms with van der Waals surface area (Å²) in [6.07, 6.45) is -3.41. The summed E-state index contributed by atoms with van der Waals surface area (Å²) >= 11 is 0. The van der Waals surface area contributed by atoms with E-state index in [2.05, 4.69) is 15.7 Å². The van der Waals surface area contributed by atoms with Gasteiger partial charge in [-0.05, 0) is 42.8 Å². The van der Waals surface area contributed by atoms with Crippen LogP contribution in [-0.4, -0.2) is 15.8 Å². The van der Waals surface area contributed by atoms with E-state index >= 15 is 0 Å². The summed E-state index contributed by atoms with van der Waals surface area (Å²) in [4.78, 5) is 12.2. The molecule has 0 saturated heterocycles. The minimum atomic E-state index is -4.51. The molecule has 0 fully saturated rings. The molecule has 0 atom stereocenters. The Balaban J connectivity index is 1.79. The molecular weight excluding hydrogens is 376 g/mol. The molecule has 0 saturated carbocycles. The maximum Gasteiger partial charge on any atom is 0.416 e. The van der Waals surface area contributed by atoms with Crippen LogP contribution in [0.15, 0.2) is 48.7 Å². The van der Waals surface area contributed by atoms with Crippen LogP contribution in [0.4, 0.5) is 33.7 Å². The van der Waals surface area contributed by atoms with Crippen molar-refractivity contribution in [3.8, 4) is 11.3 Å². The molecule has 0 spiro atoms. The molecule has 0 aliphatic carbocycles. The van der Waals surface area contributed by atoms with Crippen LogP contribution < -0.4 is 10.6 Å². The van der Waals surface area contributed by atoms with E-state index in [0.29, 0.717) is 11.3 Å². The Morgan fingerprint density at radius 2 is 1.75 bits per heavy atom. The van der Waals surface area contributed by atoms with E-state index in [1.807, 2.05) is 0 Å². The molecule has 146 valence electrons. The van der Waals surface area contributed by atoms with Gasteiger partial charge in [-0.2, -0.15) is 18.3 Å². The van der Waals surface area contributed by atoms with Crippen molar-refractivity contribution in [1.82, 2.24) is 9.78 Å². The van der Waals surface area contributed by atoms with Gasteiger partial charge in [0.1, 0.15) is 5.69 Å². The lowest BCUT2D eigenvalue weighted by Crippen LogP contribution is -2.20. The first-order chi connectivity index (χ1) is 13.1. The van der Waals surface area contributed by atoms with Gasteiger partial charge >= 0.3 is 12.2 Å². The highest BCUT2D eigenvalue weighted by Crippen LogP contribution is 2.31. The minimum absolute atomic E-state index is 0.00246. The predicted molar refractivity (Wildman–Crippen MR) is 97.4 cm³/mol.